The lowest BCUT2D eigenvalue weighted by atomic mass is 10.0. The topological polar surface area (TPSA) is 29.5 Å². The lowest BCUT2D eigenvalue weighted by Gasteiger charge is -2.04. The number of methoxy groups -OCH3 is 1. The number of hydrogen-bond donors (Lipinski definition) is 1. The molecule has 1 aromatic carbocycles. The molecule has 80 valence electrons. The Labute approximate surface area is 90.2 Å². The zero-order valence-corrected chi connectivity index (χ0v) is 8.94. The van der Waals surface area contributed by atoms with Crippen molar-refractivity contribution in [3.63, 3.8) is 0 Å². The molecule has 0 bridgehead atoms. The van der Waals surface area contributed by atoms with E-state index in [1.165, 1.54) is 11.1 Å². The second-order valence-electron chi connectivity index (χ2n) is 3.96. The summed E-state index contributed by atoms with van der Waals surface area (Å²) in [6, 6.07) is 8.08. The van der Waals surface area contributed by atoms with Gasteiger partial charge < -0.3 is 9.84 Å². The Hall–Kier alpha value is -1.28. The van der Waals surface area contributed by atoms with Crippen LogP contribution in [-0.4, -0.2) is 18.3 Å². The van der Waals surface area contributed by atoms with Gasteiger partial charge in [-0.3, -0.25) is 0 Å². The summed E-state index contributed by atoms with van der Waals surface area (Å²) in [6.45, 7) is 0. The van der Waals surface area contributed by atoms with Gasteiger partial charge in [-0.25, -0.2) is 0 Å². The van der Waals surface area contributed by atoms with Gasteiger partial charge in [-0.2, -0.15) is 0 Å². The van der Waals surface area contributed by atoms with Crippen LogP contribution in [0, 0.1) is 0 Å². The van der Waals surface area contributed by atoms with E-state index in [0.29, 0.717) is 0 Å². The molecule has 2 nitrogen and oxygen atoms in total. The summed E-state index contributed by atoms with van der Waals surface area (Å²) < 4.78 is 5.17. The molecule has 15 heavy (non-hydrogen) atoms. The maximum absolute atomic E-state index is 9.38. The first kappa shape index (κ1) is 10.2. The van der Waals surface area contributed by atoms with Crippen LogP contribution in [-0.2, 0) is 6.42 Å². The van der Waals surface area contributed by atoms with Gasteiger partial charge >= 0.3 is 0 Å². The zero-order chi connectivity index (χ0) is 10.7. The van der Waals surface area contributed by atoms with Gasteiger partial charge in [0.1, 0.15) is 5.75 Å². The van der Waals surface area contributed by atoms with Gasteiger partial charge in [0.05, 0.1) is 13.2 Å². The van der Waals surface area contributed by atoms with Gasteiger partial charge in [-0.1, -0.05) is 23.8 Å². The minimum atomic E-state index is -0.231. The first-order valence-electron chi connectivity index (χ1n) is 5.28. The van der Waals surface area contributed by atoms with Crippen molar-refractivity contribution in [2.75, 3.05) is 7.11 Å². The fourth-order valence-electron chi connectivity index (χ4n) is 1.96. The Kier molecular flexibility index (Phi) is 3.07. The molecule has 1 aliphatic rings. The number of benzene rings is 1. The van der Waals surface area contributed by atoms with Crippen LogP contribution in [0.1, 0.15) is 18.4 Å². The van der Waals surface area contributed by atoms with Crippen LogP contribution in [0.4, 0.5) is 0 Å². The number of aliphatic hydroxyl groups is 1. The summed E-state index contributed by atoms with van der Waals surface area (Å²) >= 11 is 0. The van der Waals surface area contributed by atoms with E-state index in [-0.39, 0.29) is 6.10 Å². The molecule has 0 radical (unpaired) electrons. The fourth-order valence-corrected chi connectivity index (χ4v) is 1.96. The molecule has 0 aliphatic heterocycles. The molecule has 0 aromatic heterocycles. The van der Waals surface area contributed by atoms with Crippen LogP contribution < -0.4 is 4.74 Å². The van der Waals surface area contributed by atoms with Gasteiger partial charge in [-0.05, 0) is 37.0 Å². The predicted molar refractivity (Wildman–Crippen MR) is 60.0 cm³/mol. The second kappa shape index (κ2) is 4.49. The van der Waals surface area contributed by atoms with E-state index in [1.54, 1.807) is 7.11 Å². The van der Waals surface area contributed by atoms with Crippen molar-refractivity contribution >= 4 is 0 Å². The molecule has 0 saturated heterocycles. The molecular formula is C13H16O2. The molecule has 0 fully saturated rings. The molecule has 0 amide bonds. The third-order valence-electron chi connectivity index (χ3n) is 2.75. The van der Waals surface area contributed by atoms with E-state index in [9.17, 15) is 5.11 Å². The summed E-state index contributed by atoms with van der Waals surface area (Å²) in [7, 11) is 1.68. The highest BCUT2D eigenvalue weighted by molar-refractivity contribution is 5.32. The molecule has 0 saturated carbocycles. The summed E-state index contributed by atoms with van der Waals surface area (Å²) in [5, 5.41) is 9.38. The van der Waals surface area contributed by atoms with Crippen molar-refractivity contribution in [1.29, 1.82) is 0 Å². The fraction of sp³-hybridized carbons (Fsp3) is 0.385. The minimum Gasteiger partial charge on any atom is -0.497 e. The van der Waals surface area contributed by atoms with Crippen LogP contribution in [0.5, 0.6) is 5.75 Å². The lowest BCUT2D eigenvalue weighted by Crippen LogP contribution is -1.93. The molecule has 1 aromatic rings. The smallest absolute Gasteiger partial charge is 0.119 e. The Morgan fingerprint density at radius 2 is 2.33 bits per heavy atom. The Bertz CT molecular complexity index is 369. The highest BCUT2D eigenvalue weighted by atomic mass is 16.5. The number of rotatable bonds is 3. The molecule has 1 N–H and O–H groups in total. The normalized spacial score (nSPS) is 20.1. The van der Waals surface area contributed by atoms with Crippen molar-refractivity contribution < 1.29 is 9.84 Å². The summed E-state index contributed by atoms with van der Waals surface area (Å²) in [5.41, 5.74) is 2.57. The predicted octanol–water partition coefficient (Wildman–Crippen LogP) is 2.32. The van der Waals surface area contributed by atoms with Crippen molar-refractivity contribution in [1.82, 2.24) is 0 Å². The Morgan fingerprint density at radius 1 is 1.47 bits per heavy atom. The van der Waals surface area contributed by atoms with Gasteiger partial charge in [0.15, 0.2) is 0 Å². The van der Waals surface area contributed by atoms with Gasteiger partial charge in [0.25, 0.3) is 0 Å². The molecule has 1 atom stereocenters. The van der Waals surface area contributed by atoms with Crippen molar-refractivity contribution in [3.8, 4) is 5.75 Å². The molecular weight excluding hydrogens is 188 g/mol. The van der Waals surface area contributed by atoms with Crippen LogP contribution >= 0.6 is 0 Å². The zero-order valence-electron chi connectivity index (χ0n) is 8.94. The Morgan fingerprint density at radius 3 is 3.00 bits per heavy atom. The Balaban J connectivity index is 2.07. The lowest BCUT2D eigenvalue weighted by molar-refractivity contribution is 0.223. The van der Waals surface area contributed by atoms with Gasteiger partial charge in [0.2, 0.25) is 0 Å². The average Bonchev–Trinajstić information content (AvgIpc) is 2.64. The van der Waals surface area contributed by atoms with E-state index in [0.717, 1.165) is 25.0 Å². The summed E-state index contributed by atoms with van der Waals surface area (Å²) in [4.78, 5) is 0. The number of hydrogen-bond acceptors (Lipinski definition) is 2. The third-order valence-corrected chi connectivity index (χ3v) is 2.75. The quantitative estimate of drug-likeness (QED) is 0.766. The number of allylic oxidation sites excluding steroid dienone is 1. The molecule has 1 unspecified atom stereocenters. The van der Waals surface area contributed by atoms with Crippen LogP contribution in [0.3, 0.4) is 0 Å². The van der Waals surface area contributed by atoms with E-state index >= 15 is 0 Å². The van der Waals surface area contributed by atoms with E-state index in [1.807, 2.05) is 24.3 Å². The molecule has 1 aliphatic carbocycles. The molecule has 0 spiro atoms. The van der Waals surface area contributed by atoms with Crippen molar-refractivity contribution in [2.24, 2.45) is 0 Å². The maximum Gasteiger partial charge on any atom is 0.119 e. The average molecular weight is 204 g/mol. The van der Waals surface area contributed by atoms with Crippen LogP contribution in [0.25, 0.3) is 0 Å². The van der Waals surface area contributed by atoms with Crippen molar-refractivity contribution in [2.45, 2.75) is 25.4 Å². The first-order valence-corrected chi connectivity index (χ1v) is 5.28. The largest absolute Gasteiger partial charge is 0.497 e. The summed E-state index contributed by atoms with van der Waals surface area (Å²) in [6.07, 6.45) is 4.55. The van der Waals surface area contributed by atoms with Crippen LogP contribution in [0.2, 0.25) is 0 Å². The van der Waals surface area contributed by atoms with Crippen molar-refractivity contribution in [3.05, 3.63) is 41.5 Å². The third kappa shape index (κ3) is 2.60. The SMILES string of the molecule is COc1cccc(CC2=CC(O)CC2)c1. The molecule has 2 heteroatoms. The molecule has 0 heterocycles. The highest BCUT2D eigenvalue weighted by Gasteiger charge is 2.12. The number of aliphatic hydroxyl groups excluding tert-OH is 1. The maximum atomic E-state index is 9.38. The van der Waals surface area contributed by atoms with E-state index < -0.39 is 0 Å². The first-order chi connectivity index (χ1) is 7.28. The van der Waals surface area contributed by atoms with E-state index in [4.69, 9.17) is 4.74 Å². The monoisotopic (exact) mass is 204 g/mol. The standard InChI is InChI=1S/C13H16O2/c1-15-13-4-2-3-10(9-13)7-11-5-6-12(14)8-11/h2-4,8-9,12,14H,5-7H2,1H3. The van der Waals surface area contributed by atoms with Gasteiger partial charge in [-0.15, -0.1) is 0 Å². The number of ether oxygens (including phenoxy) is 1. The minimum absolute atomic E-state index is 0.231. The summed E-state index contributed by atoms with van der Waals surface area (Å²) in [5.74, 6) is 0.895. The van der Waals surface area contributed by atoms with Crippen LogP contribution in [0.15, 0.2) is 35.9 Å². The second-order valence-corrected chi connectivity index (χ2v) is 3.96. The van der Waals surface area contributed by atoms with Gasteiger partial charge in [0, 0.05) is 0 Å². The molecule has 2 rings (SSSR count). The highest BCUT2D eigenvalue weighted by Crippen LogP contribution is 2.23. The van der Waals surface area contributed by atoms with E-state index in [2.05, 4.69) is 6.07 Å².